The summed E-state index contributed by atoms with van der Waals surface area (Å²) in [7, 11) is -3.27. The smallest absolute Gasteiger partial charge is 0.229 e. The second-order valence-electron chi connectivity index (χ2n) is 3.31. The summed E-state index contributed by atoms with van der Waals surface area (Å²) in [5.41, 5.74) is 0.199. The minimum atomic E-state index is -3.27. The summed E-state index contributed by atoms with van der Waals surface area (Å²) in [6.07, 6.45) is 0. The lowest BCUT2D eigenvalue weighted by Gasteiger charge is -2.02. The van der Waals surface area contributed by atoms with Crippen molar-refractivity contribution in [3.8, 4) is 0 Å². The van der Waals surface area contributed by atoms with Crippen molar-refractivity contribution in [2.24, 2.45) is 0 Å². The molecule has 0 saturated carbocycles. The van der Waals surface area contributed by atoms with Crippen molar-refractivity contribution in [1.29, 1.82) is 0 Å². The van der Waals surface area contributed by atoms with Crippen molar-refractivity contribution in [3.63, 3.8) is 0 Å². The van der Waals surface area contributed by atoms with Crippen LogP contribution >= 0.6 is 15.9 Å². The first-order valence-corrected chi connectivity index (χ1v) is 7.66. The molecule has 0 spiro atoms. The van der Waals surface area contributed by atoms with E-state index in [9.17, 15) is 18.0 Å². The van der Waals surface area contributed by atoms with Gasteiger partial charge in [0.15, 0.2) is 9.84 Å². The van der Waals surface area contributed by atoms with Crippen molar-refractivity contribution in [2.75, 3.05) is 11.1 Å². The minimum Gasteiger partial charge on any atom is -0.290 e. The van der Waals surface area contributed by atoms with Crippen LogP contribution in [0.15, 0.2) is 29.2 Å². The number of carbonyl (C=O) groups is 2. The molecule has 0 bridgehead atoms. The maximum absolute atomic E-state index is 11.5. The summed E-state index contributed by atoms with van der Waals surface area (Å²) in [6.45, 7) is 1.54. The fourth-order valence-electron chi connectivity index (χ4n) is 1.20. The summed E-state index contributed by atoms with van der Waals surface area (Å²) >= 11 is 2.90. The standard InChI is InChI=1S/C11H11BrO4S/c1-2-17(15,16)9-5-3-8(4-6-9)11(14)10(13)7-12/h3-6H,2,7H2,1H3. The number of rotatable bonds is 5. The summed E-state index contributed by atoms with van der Waals surface area (Å²) in [4.78, 5) is 22.8. The number of hydrogen-bond donors (Lipinski definition) is 0. The number of benzene rings is 1. The summed E-state index contributed by atoms with van der Waals surface area (Å²) in [5.74, 6) is -1.18. The zero-order chi connectivity index (χ0) is 13.1. The Morgan fingerprint density at radius 1 is 1.18 bits per heavy atom. The number of halogens is 1. The molecule has 0 aliphatic rings. The van der Waals surface area contributed by atoms with Crippen LogP contribution in [0.25, 0.3) is 0 Å². The molecular formula is C11H11BrO4S. The molecule has 0 fully saturated rings. The molecule has 6 heteroatoms. The third-order valence-electron chi connectivity index (χ3n) is 2.23. The van der Waals surface area contributed by atoms with Gasteiger partial charge in [0.05, 0.1) is 16.0 Å². The van der Waals surface area contributed by atoms with E-state index in [0.717, 1.165) is 0 Å². The predicted molar refractivity (Wildman–Crippen MR) is 67.3 cm³/mol. The van der Waals surface area contributed by atoms with Crippen LogP contribution in [-0.2, 0) is 14.6 Å². The van der Waals surface area contributed by atoms with Crippen LogP contribution in [0.5, 0.6) is 0 Å². The maximum Gasteiger partial charge on any atom is 0.229 e. The predicted octanol–water partition coefficient (Wildman–Crippen LogP) is 1.63. The van der Waals surface area contributed by atoms with Gasteiger partial charge in [-0.3, -0.25) is 9.59 Å². The third kappa shape index (κ3) is 3.23. The van der Waals surface area contributed by atoms with Crippen LogP contribution in [-0.4, -0.2) is 31.1 Å². The Morgan fingerprint density at radius 3 is 2.12 bits per heavy atom. The van der Waals surface area contributed by atoms with Crippen molar-refractivity contribution < 1.29 is 18.0 Å². The molecule has 17 heavy (non-hydrogen) atoms. The molecule has 1 aromatic rings. The first-order chi connectivity index (χ1) is 7.92. The highest BCUT2D eigenvalue weighted by atomic mass is 79.9. The number of ketones is 2. The lowest BCUT2D eigenvalue weighted by atomic mass is 10.1. The van der Waals surface area contributed by atoms with Gasteiger partial charge in [-0.1, -0.05) is 22.9 Å². The minimum absolute atomic E-state index is 0.000619. The highest BCUT2D eigenvalue weighted by molar-refractivity contribution is 9.09. The van der Waals surface area contributed by atoms with Crippen molar-refractivity contribution >= 4 is 37.3 Å². The molecule has 0 aliphatic carbocycles. The zero-order valence-electron chi connectivity index (χ0n) is 9.14. The van der Waals surface area contributed by atoms with Crippen molar-refractivity contribution in [1.82, 2.24) is 0 Å². The molecule has 1 aromatic carbocycles. The van der Waals surface area contributed by atoms with Crippen LogP contribution in [0.2, 0.25) is 0 Å². The quantitative estimate of drug-likeness (QED) is 0.470. The number of hydrogen-bond acceptors (Lipinski definition) is 4. The molecule has 0 radical (unpaired) electrons. The normalized spacial score (nSPS) is 11.2. The molecular weight excluding hydrogens is 308 g/mol. The first kappa shape index (κ1) is 14.1. The third-order valence-corrected chi connectivity index (χ3v) is 4.49. The van der Waals surface area contributed by atoms with Gasteiger partial charge < -0.3 is 0 Å². The van der Waals surface area contributed by atoms with Crippen LogP contribution in [0.1, 0.15) is 17.3 Å². The summed E-state index contributed by atoms with van der Waals surface area (Å²) in [6, 6.07) is 5.39. The Bertz CT molecular complexity index is 531. The summed E-state index contributed by atoms with van der Waals surface area (Å²) in [5, 5.41) is -0.0408. The molecule has 0 unspecified atom stereocenters. The molecule has 0 atom stereocenters. The molecule has 92 valence electrons. The number of Topliss-reactive ketones (excluding diaryl/α,β-unsaturated/α-hetero) is 2. The van der Waals surface area contributed by atoms with E-state index in [2.05, 4.69) is 15.9 Å². The van der Waals surface area contributed by atoms with Gasteiger partial charge in [-0.25, -0.2) is 8.42 Å². The second-order valence-corrected chi connectivity index (χ2v) is 6.15. The lowest BCUT2D eigenvalue weighted by Crippen LogP contribution is -2.15. The number of sulfone groups is 1. The van der Waals surface area contributed by atoms with Gasteiger partial charge in [0.25, 0.3) is 0 Å². The molecule has 0 amide bonds. The molecule has 4 nitrogen and oxygen atoms in total. The molecule has 1 rings (SSSR count). The van der Waals surface area contributed by atoms with E-state index in [4.69, 9.17) is 0 Å². The topological polar surface area (TPSA) is 68.3 Å². The van der Waals surface area contributed by atoms with Gasteiger partial charge in [0.2, 0.25) is 11.6 Å². The van der Waals surface area contributed by atoms with Gasteiger partial charge in [-0.15, -0.1) is 0 Å². The summed E-state index contributed by atoms with van der Waals surface area (Å²) < 4.78 is 23.0. The number of carbonyl (C=O) groups excluding carboxylic acids is 2. The molecule has 0 saturated heterocycles. The van der Waals surface area contributed by atoms with E-state index >= 15 is 0 Å². The Kier molecular flexibility index (Phi) is 4.59. The van der Waals surface area contributed by atoms with Crippen LogP contribution < -0.4 is 0 Å². The molecule has 0 aromatic heterocycles. The van der Waals surface area contributed by atoms with E-state index < -0.39 is 21.4 Å². The first-order valence-electron chi connectivity index (χ1n) is 4.88. The fourth-order valence-corrected chi connectivity index (χ4v) is 2.34. The fraction of sp³-hybridized carbons (Fsp3) is 0.273. The van der Waals surface area contributed by atoms with Gasteiger partial charge >= 0.3 is 0 Å². The van der Waals surface area contributed by atoms with Crippen LogP contribution in [0.4, 0.5) is 0 Å². The average molecular weight is 319 g/mol. The van der Waals surface area contributed by atoms with Crippen molar-refractivity contribution in [2.45, 2.75) is 11.8 Å². The van der Waals surface area contributed by atoms with Gasteiger partial charge in [0.1, 0.15) is 0 Å². The van der Waals surface area contributed by atoms with E-state index in [-0.39, 0.29) is 21.5 Å². The van der Waals surface area contributed by atoms with Crippen LogP contribution in [0, 0.1) is 0 Å². The highest BCUT2D eigenvalue weighted by Gasteiger charge is 2.16. The van der Waals surface area contributed by atoms with Crippen LogP contribution in [0.3, 0.4) is 0 Å². The second kappa shape index (κ2) is 5.55. The molecule has 0 heterocycles. The van der Waals surface area contributed by atoms with E-state index in [1.807, 2.05) is 0 Å². The lowest BCUT2D eigenvalue weighted by molar-refractivity contribution is -0.112. The monoisotopic (exact) mass is 318 g/mol. The highest BCUT2D eigenvalue weighted by Crippen LogP contribution is 2.13. The zero-order valence-corrected chi connectivity index (χ0v) is 11.5. The van der Waals surface area contributed by atoms with Gasteiger partial charge in [-0.2, -0.15) is 0 Å². The maximum atomic E-state index is 11.5. The van der Waals surface area contributed by atoms with E-state index in [1.54, 1.807) is 6.92 Å². The Hall–Kier alpha value is -1.01. The molecule has 0 aliphatic heterocycles. The van der Waals surface area contributed by atoms with Gasteiger partial charge in [-0.05, 0) is 24.3 Å². The van der Waals surface area contributed by atoms with E-state index in [0.29, 0.717) is 0 Å². The van der Waals surface area contributed by atoms with E-state index in [1.165, 1.54) is 24.3 Å². The van der Waals surface area contributed by atoms with Gasteiger partial charge in [0, 0.05) is 5.56 Å². The average Bonchev–Trinajstić information content (AvgIpc) is 2.37. The Labute approximate surface area is 108 Å². The Morgan fingerprint density at radius 2 is 1.71 bits per heavy atom. The molecule has 0 N–H and O–H groups in total. The Balaban J connectivity index is 3.05. The van der Waals surface area contributed by atoms with Crippen molar-refractivity contribution in [3.05, 3.63) is 29.8 Å². The largest absolute Gasteiger partial charge is 0.290 e. The SMILES string of the molecule is CCS(=O)(=O)c1ccc(C(=O)C(=O)CBr)cc1. The number of alkyl halides is 1.